The van der Waals surface area contributed by atoms with Crippen molar-refractivity contribution in [1.29, 1.82) is 5.41 Å². The Bertz CT molecular complexity index is 497. The maximum atomic E-state index is 9.58. The van der Waals surface area contributed by atoms with Crippen LogP contribution in [0.4, 0.5) is 0 Å². The number of fused-ring (bicyclic) bond motifs is 1. The predicted molar refractivity (Wildman–Crippen MR) is 57.8 cm³/mol. The van der Waals surface area contributed by atoms with Gasteiger partial charge in [0, 0.05) is 22.7 Å². The topological polar surface area (TPSA) is 59.9 Å². The maximum Gasteiger partial charge on any atom is 0.196 e. The van der Waals surface area contributed by atoms with Crippen molar-refractivity contribution in [1.82, 2.24) is 4.98 Å². The van der Waals surface area contributed by atoms with E-state index in [1.165, 1.54) is 6.21 Å². The van der Waals surface area contributed by atoms with E-state index < -0.39 is 0 Å². The molecule has 1 aromatic carbocycles. The summed E-state index contributed by atoms with van der Waals surface area (Å²) in [6, 6.07) is 7.64. The number of benzene rings is 1. The van der Waals surface area contributed by atoms with Crippen LogP contribution < -0.4 is 0 Å². The van der Waals surface area contributed by atoms with Gasteiger partial charge in [0.15, 0.2) is 5.88 Å². The molecule has 0 saturated carbocycles. The third-order valence-electron chi connectivity index (χ3n) is 2.08. The van der Waals surface area contributed by atoms with Crippen LogP contribution in [0.25, 0.3) is 17.0 Å². The third kappa shape index (κ3) is 1.29. The largest absolute Gasteiger partial charge is 0.494 e. The Balaban J connectivity index is 2.67. The molecule has 0 fully saturated rings. The first-order valence-electron chi connectivity index (χ1n) is 4.29. The fraction of sp³-hybridized carbons (Fsp3) is 0. The molecule has 3 nitrogen and oxygen atoms in total. The van der Waals surface area contributed by atoms with Crippen molar-refractivity contribution in [2.75, 3.05) is 0 Å². The number of aromatic amines is 1. The van der Waals surface area contributed by atoms with E-state index in [0.717, 1.165) is 16.5 Å². The average Bonchev–Trinajstić information content (AvgIpc) is 2.51. The molecule has 0 aliphatic heterocycles. The molecule has 1 heterocycles. The summed E-state index contributed by atoms with van der Waals surface area (Å²) in [5, 5.41) is 17.4. The van der Waals surface area contributed by atoms with Crippen molar-refractivity contribution in [2.24, 2.45) is 0 Å². The minimum absolute atomic E-state index is 0.143. The number of rotatable bonds is 2. The van der Waals surface area contributed by atoms with Crippen LogP contribution in [-0.4, -0.2) is 16.3 Å². The van der Waals surface area contributed by atoms with Crippen LogP contribution in [0.2, 0.25) is 0 Å². The molecule has 3 N–H and O–H groups in total. The molecular formula is C11H10N2O. The molecule has 2 aromatic rings. The quantitative estimate of drug-likeness (QED) is 0.620. The van der Waals surface area contributed by atoms with Crippen LogP contribution >= 0.6 is 0 Å². The maximum absolute atomic E-state index is 9.58. The Labute approximate surface area is 81.2 Å². The Morgan fingerprint density at radius 1 is 1.29 bits per heavy atom. The molecular weight excluding hydrogens is 176 g/mol. The summed E-state index contributed by atoms with van der Waals surface area (Å²) >= 11 is 0. The Hall–Kier alpha value is -2.03. The third-order valence-corrected chi connectivity index (χ3v) is 2.08. The van der Waals surface area contributed by atoms with Crippen molar-refractivity contribution < 1.29 is 5.11 Å². The summed E-state index contributed by atoms with van der Waals surface area (Å²) in [5.74, 6) is 0.143. The van der Waals surface area contributed by atoms with Crippen LogP contribution in [0.3, 0.4) is 0 Å². The van der Waals surface area contributed by atoms with Crippen molar-refractivity contribution in [2.45, 2.75) is 0 Å². The molecule has 0 radical (unpaired) electrons. The van der Waals surface area contributed by atoms with Gasteiger partial charge in [0.25, 0.3) is 0 Å². The number of H-pyrrole nitrogens is 1. The molecule has 0 spiro atoms. The smallest absolute Gasteiger partial charge is 0.196 e. The van der Waals surface area contributed by atoms with Crippen molar-refractivity contribution >= 4 is 23.2 Å². The minimum Gasteiger partial charge on any atom is -0.494 e. The highest BCUT2D eigenvalue weighted by molar-refractivity contribution is 5.93. The van der Waals surface area contributed by atoms with Gasteiger partial charge >= 0.3 is 0 Å². The normalized spacial score (nSPS) is 11.1. The molecule has 0 atom stereocenters. The van der Waals surface area contributed by atoms with E-state index in [9.17, 15) is 5.11 Å². The summed E-state index contributed by atoms with van der Waals surface area (Å²) in [7, 11) is 0. The van der Waals surface area contributed by atoms with Crippen molar-refractivity contribution in [3.8, 4) is 5.88 Å². The van der Waals surface area contributed by atoms with Gasteiger partial charge < -0.3 is 15.5 Å². The van der Waals surface area contributed by atoms with E-state index in [1.807, 2.05) is 24.3 Å². The van der Waals surface area contributed by atoms with Crippen LogP contribution in [0.15, 0.2) is 30.3 Å². The van der Waals surface area contributed by atoms with E-state index in [-0.39, 0.29) is 5.88 Å². The SMILES string of the molecule is N=C/C=C/c1c(O)[nH]c2ccccc12. The number of aromatic hydroxyl groups is 1. The molecule has 0 saturated heterocycles. The molecule has 1 aromatic heterocycles. The number of hydrogen-bond acceptors (Lipinski definition) is 2. The summed E-state index contributed by atoms with van der Waals surface area (Å²) in [6.45, 7) is 0. The molecule has 0 aliphatic carbocycles. The van der Waals surface area contributed by atoms with Gasteiger partial charge in [-0.15, -0.1) is 0 Å². The number of para-hydroxylation sites is 1. The first-order valence-corrected chi connectivity index (χ1v) is 4.29. The van der Waals surface area contributed by atoms with Gasteiger partial charge in [-0.1, -0.05) is 18.2 Å². The lowest BCUT2D eigenvalue weighted by Gasteiger charge is -1.89. The summed E-state index contributed by atoms with van der Waals surface area (Å²) in [4.78, 5) is 2.87. The molecule has 0 unspecified atom stereocenters. The summed E-state index contributed by atoms with van der Waals surface area (Å²) < 4.78 is 0. The van der Waals surface area contributed by atoms with Gasteiger partial charge in [0.2, 0.25) is 0 Å². The second-order valence-corrected chi connectivity index (χ2v) is 2.96. The van der Waals surface area contributed by atoms with E-state index in [0.29, 0.717) is 0 Å². The van der Waals surface area contributed by atoms with E-state index in [1.54, 1.807) is 12.2 Å². The van der Waals surface area contributed by atoms with Crippen molar-refractivity contribution in [3.63, 3.8) is 0 Å². The van der Waals surface area contributed by atoms with E-state index >= 15 is 0 Å². The molecule has 70 valence electrons. The molecule has 2 rings (SSSR count). The highest BCUT2D eigenvalue weighted by Crippen LogP contribution is 2.27. The van der Waals surface area contributed by atoms with E-state index in [4.69, 9.17) is 5.41 Å². The monoisotopic (exact) mass is 186 g/mol. The second kappa shape index (κ2) is 3.38. The van der Waals surface area contributed by atoms with E-state index in [2.05, 4.69) is 4.98 Å². The molecule has 0 amide bonds. The second-order valence-electron chi connectivity index (χ2n) is 2.96. The zero-order chi connectivity index (χ0) is 9.97. The fourth-order valence-electron chi connectivity index (χ4n) is 1.46. The molecule has 14 heavy (non-hydrogen) atoms. The molecule has 0 bridgehead atoms. The van der Waals surface area contributed by atoms with Crippen molar-refractivity contribution in [3.05, 3.63) is 35.9 Å². The van der Waals surface area contributed by atoms with Crippen LogP contribution in [0, 0.1) is 5.41 Å². The predicted octanol–water partition coefficient (Wildman–Crippen LogP) is 2.54. The standard InChI is InChI=1S/C11H10N2O/c12-7-3-5-9-8-4-1-2-6-10(8)13-11(9)14/h1-7,12-14H/b5-3+,12-7?. The summed E-state index contributed by atoms with van der Waals surface area (Å²) in [5.41, 5.74) is 1.62. The van der Waals surface area contributed by atoms with Gasteiger partial charge in [0.1, 0.15) is 0 Å². The molecule has 0 aliphatic rings. The van der Waals surface area contributed by atoms with Crippen LogP contribution in [0.5, 0.6) is 5.88 Å². The lowest BCUT2D eigenvalue weighted by Crippen LogP contribution is -1.69. The van der Waals surface area contributed by atoms with Gasteiger partial charge in [-0.25, -0.2) is 0 Å². The Morgan fingerprint density at radius 2 is 2.07 bits per heavy atom. The number of aromatic nitrogens is 1. The summed E-state index contributed by atoms with van der Waals surface area (Å²) in [6.07, 6.45) is 4.47. The highest BCUT2D eigenvalue weighted by Gasteiger charge is 2.05. The minimum atomic E-state index is 0.143. The number of nitrogens with one attached hydrogen (secondary N) is 2. The Morgan fingerprint density at radius 3 is 2.86 bits per heavy atom. The van der Waals surface area contributed by atoms with Gasteiger partial charge in [-0.2, -0.15) is 0 Å². The molecule has 3 heteroatoms. The first-order chi connectivity index (χ1) is 6.83. The lowest BCUT2D eigenvalue weighted by atomic mass is 10.1. The van der Waals surface area contributed by atoms with Crippen LogP contribution in [0.1, 0.15) is 5.56 Å². The Kier molecular flexibility index (Phi) is 2.07. The van der Waals surface area contributed by atoms with Gasteiger partial charge in [-0.3, -0.25) is 0 Å². The van der Waals surface area contributed by atoms with Crippen LogP contribution in [-0.2, 0) is 0 Å². The fourth-order valence-corrected chi connectivity index (χ4v) is 1.46. The lowest BCUT2D eigenvalue weighted by molar-refractivity contribution is 0.457. The number of allylic oxidation sites excluding steroid dienone is 1. The van der Waals surface area contributed by atoms with Gasteiger partial charge in [-0.05, 0) is 18.2 Å². The highest BCUT2D eigenvalue weighted by atomic mass is 16.3. The zero-order valence-corrected chi connectivity index (χ0v) is 7.49. The van der Waals surface area contributed by atoms with Gasteiger partial charge in [0.05, 0.1) is 0 Å². The average molecular weight is 186 g/mol. The number of hydrogen-bond donors (Lipinski definition) is 3. The zero-order valence-electron chi connectivity index (χ0n) is 7.49. The first kappa shape index (κ1) is 8.56.